The Labute approximate surface area is 180 Å². The van der Waals surface area contributed by atoms with E-state index in [1.807, 2.05) is 0 Å². The third-order valence-electron chi connectivity index (χ3n) is 7.29. The zero-order chi connectivity index (χ0) is 22.6. The summed E-state index contributed by atoms with van der Waals surface area (Å²) in [5, 5.41) is 0. The first-order valence-corrected chi connectivity index (χ1v) is 11.5. The van der Waals surface area contributed by atoms with Crippen LogP contribution in [0.4, 0.5) is 26.3 Å². The van der Waals surface area contributed by atoms with Gasteiger partial charge in [0, 0.05) is 12.3 Å². The van der Waals surface area contributed by atoms with E-state index in [0.717, 1.165) is 37.0 Å². The second kappa shape index (κ2) is 10.0. The molecule has 2 aliphatic rings. The van der Waals surface area contributed by atoms with E-state index in [1.165, 1.54) is 38.5 Å². The highest BCUT2D eigenvalue weighted by atomic mass is 19.4. The number of benzene rings is 1. The predicted molar refractivity (Wildman–Crippen MR) is 108 cm³/mol. The Hall–Kier alpha value is -1.40. The maximum absolute atomic E-state index is 14.9. The molecular formula is C24H32F6O. The van der Waals surface area contributed by atoms with Gasteiger partial charge in [-0.1, -0.05) is 38.7 Å². The highest BCUT2D eigenvalue weighted by Crippen LogP contribution is 2.46. The Bertz CT molecular complexity index is 701. The molecule has 0 atom stereocenters. The van der Waals surface area contributed by atoms with Crippen molar-refractivity contribution >= 4 is 0 Å². The van der Waals surface area contributed by atoms with E-state index in [-0.39, 0.29) is 5.56 Å². The molecule has 1 aromatic rings. The number of ether oxygens (including phenoxy) is 1. The van der Waals surface area contributed by atoms with Crippen LogP contribution in [0.3, 0.4) is 0 Å². The van der Waals surface area contributed by atoms with Crippen LogP contribution < -0.4 is 4.74 Å². The van der Waals surface area contributed by atoms with Crippen molar-refractivity contribution in [1.82, 2.24) is 0 Å². The van der Waals surface area contributed by atoms with E-state index in [0.29, 0.717) is 24.7 Å². The lowest BCUT2D eigenvalue weighted by atomic mass is 9.67. The summed E-state index contributed by atoms with van der Waals surface area (Å²) in [6.07, 6.45) is 4.24. The molecule has 31 heavy (non-hydrogen) atoms. The molecule has 0 heterocycles. The minimum Gasteiger partial charge on any atom is -0.403 e. The number of hydrogen-bond donors (Lipinski definition) is 0. The van der Waals surface area contributed by atoms with E-state index < -0.39 is 36.2 Å². The van der Waals surface area contributed by atoms with Gasteiger partial charge in [-0.15, -0.1) is 13.2 Å². The van der Waals surface area contributed by atoms with Crippen molar-refractivity contribution in [3.05, 3.63) is 29.6 Å². The van der Waals surface area contributed by atoms with E-state index in [9.17, 15) is 26.3 Å². The van der Waals surface area contributed by atoms with Crippen LogP contribution in [-0.2, 0) is 6.42 Å². The fraction of sp³-hybridized carbons (Fsp3) is 0.750. The molecule has 0 N–H and O–H groups in total. The third-order valence-corrected chi connectivity index (χ3v) is 7.29. The number of rotatable bonds is 7. The van der Waals surface area contributed by atoms with Gasteiger partial charge in [0.15, 0.2) is 11.6 Å². The largest absolute Gasteiger partial charge is 0.573 e. The summed E-state index contributed by atoms with van der Waals surface area (Å²) in [5.41, 5.74) is -0.0200. The van der Waals surface area contributed by atoms with Gasteiger partial charge in [-0.2, -0.15) is 0 Å². The van der Waals surface area contributed by atoms with Gasteiger partial charge in [-0.25, -0.2) is 13.2 Å². The molecule has 0 unspecified atom stereocenters. The molecule has 1 aromatic carbocycles. The molecule has 1 nitrogen and oxygen atoms in total. The molecule has 0 bridgehead atoms. The molecule has 0 aromatic heterocycles. The van der Waals surface area contributed by atoms with Crippen LogP contribution in [-0.4, -0.2) is 12.3 Å². The summed E-state index contributed by atoms with van der Waals surface area (Å²) >= 11 is 0. The van der Waals surface area contributed by atoms with Crippen LogP contribution >= 0.6 is 0 Å². The lowest BCUT2D eigenvalue weighted by Crippen LogP contribution is -2.35. The molecule has 2 aliphatic carbocycles. The zero-order valence-electron chi connectivity index (χ0n) is 18.0. The monoisotopic (exact) mass is 450 g/mol. The zero-order valence-corrected chi connectivity index (χ0v) is 18.0. The molecule has 0 spiro atoms. The Balaban J connectivity index is 1.51. The summed E-state index contributed by atoms with van der Waals surface area (Å²) in [6.45, 7) is 2.21. The fourth-order valence-corrected chi connectivity index (χ4v) is 5.65. The standard InChI is InChI=1S/C24H32F6O/c1-2-3-16-4-7-18(8-5-16)19-9-11-20(12-10-19)23(26,27)15-17-6-13-22(21(25)14-17)31-24(28,29)30/h6,13-14,16,18-20H,2-5,7-12,15H2,1H3. The molecule has 0 radical (unpaired) electrons. The van der Waals surface area contributed by atoms with Crippen molar-refractivity contribution in [2.24, 2.45) is 23.7 Å². The lowest BCUT2D eigenvalue weighted by Gasteiger charge is -2.39. The van der Waals surface area contributed by atoms with Crippen molar-refractivity contribution < 1.29 is 31.1 Å². The molecule has 0 amide bonds. The summed E-state index contributed by atoms with van der Waals surface area (Å²) < 4.78 is 83.9. The number of hydrogen-bond acceptors (Lipinski definition) is 1. The normalized spacial score (nSPS) is 27.8. The first-order valence-electron chi connectivity index (χ1n) is 11.5. The van der Waals surface area contributed by atoms with Gasteiger partial charge < -0.3 is 4.74 Å². The Kier molecular flexibility index (Phi) is 7.85. The molecule has 3 rings (SSSR count). The maximum atomic E-state index is 14.9. The number of halogens is 6. The molecule has 0 aliphatic heterocycles. The number of alkyl halides is 5. The summed E-state index contributed by atoms with van der Waals surface area (Å²) in [7, 11) is 0. The van der Waals surface area contributed by atoms with Crippen LogP contribution in [0.15, 0.2) is 18.2 Å². The van der Waals surface area contributed by atoms with Crippen LogP contribution in [0.25, 0.3) is 0 Å². The van der Waals surface area contributed by atoms with Gasteiger partial charge in [-0.3, -0.25) is 0 Å². The molecule has 2 saturated carbocycles. The third kappa shape index (κ3) is 6.79. The van der Waals surface area contributed by atoms with Gasteiger partial charge in [0.2, 0.25) is 0 Å². The lowest BCUT2D eigenvalue weighted by molar-refractivity contribution is -0.275. The van der Waals surface area contributed by atoms with E-state index in [2.05, 4.69) is 11.7 Å². The van der Waals surface area contributed by atoms with E-state index in [4.69, 9.17) is 0 Å². The van der Waals surface area contributed by atoms with E-state index in [1.54, 1.807) is 0 Å². The first kappa shape index (κ1) is 24.2. The SMILES string of the molecule is CCCC1CCC(C2CCC(C(F)(F)Cc3ccc(OC(F)(F)F)c(F)c3)CC2)CC1. The van der Waals surface area contributed by atoms with Crippen molar-refractivity contribution in [3.8, 4) is 5.75 Å². The predicted octanol–water partition coefficient (Wildman–Crippen LogP) is 8.32. The van der Waals surface area contributed by atoms with Gasteiger partial charge in [0.1, 0.15) is 0 Å². The average Bonchev–Trinajstić information content (AvgIpc) is 2.70. The van der Waals surface area contributed by atoms with E-state index >= 15 is 0 Å². The van der Waals surface area contributed by atoms with Crippen LogP contribution in [0.2, 0.25) is 0 Å². The second-order valence-corrected chi connectivity index (χ2v) is 9.43. The Morgan fingerprint density at radius 1 is 0.871 bits per heavy atom. The molecule has 7 heteroatoms. The maximum Gasteiger partial charge on any atom is 0.573 e. The van der Waals surface area contributed by atoms with Gasteiger partial charge in [0.05, 0.1) is 0 Å². The van der Waals surface area contributed by atoms with Crippen LogP contribution in [0, 0.1) is 29.5 Å². The summed E-state index contributed by atoms with van der Waals surface area (Å²) in [6, 6.07) is 2.56. The second-order valence-electron chi connectivity index (χ2n) is 9.43. The fourth-order valence-electron chi connectivity index (χ4n) is 5.65. The van der Waals surface area contributed by atoms with Crippen LogP contribution in [0.1, 0.15) is 76.7 Å². The average molecular weight is 451 g/mol. The van der Waals surface area contributed by atoms with Gasteiger partial charge in [-0.05, 0) is 74.0 Å². The van der Waals surface area contributed by atoms with Crippen molar-refractivity contribution in [1.29, 1.82) is 0 Å². The summed E-state index contributed by atoms with van der Waals surface area (Å²) in [5.74, 6) is -4.07. The molecule has 176 valence electrons. The minimum absolute atomic E-state index is 0.0200. The molecular weight excluding hydrogens is 418 g/mol. The van der Waals surface area contributed by atoms with Crippen LogP contribution in [0.5, 0.6) is 5.75 Å². The summed E-state index contributed by atoms with van der Waals surface area (Å²) in [4.78, 5) is 0. The molecule has 2 fully saturated rings. The minimum atomic E-state index is -5.03. The molecule has 0 saturated heterocycles. The van der Waals surface area contributed by atoms with Crippen molar-refractivity contribution in [2.75, 3.05) is 0 Å². The van der Waals surface area contributed by atoms with Crippen molar-refractivity contribution in [3.63, 3.8) is 0 Å². The smallest absolute Gasteiger partial charge is 0.403 e. The topological polar surface area (TPSA) is 9.23 Å². The highest BCUT2D eigenvalue weighted by molar-refractivity contribution is 5.30. The first-order chi connectivity index (χ1) is 14.6. The van der Waals surface area contributed by atoms with Gasteiger partial charge >= 0.3 is 6.36 Å². The Morgan fingerprint density at radius 3 is 1.97 bits per heavy atom. The van der Waals surface area contributed by atoms with Crippen molar-refractivity contribution in [2.45, 2.75) is 89.8 Å². The van der Waals surface area contributed by atoms with Gasteiger partial charge in [0.25, 0.3) is 5.92 Å². The Morgan fingerprint density at radius 2 is 1.45 bits per heavy atom. The quantitative estimate of drug-likeness (QED) is 0.380. The highest BCUT2D eigenvalue weighted by Gasteiger charge is 2.43.